The van der Waals surface area contributed by atoms with Gasteiger partial charge >= 0.3 is 6.09 Å². The van der Waals surface area contributed by atoms with Crippen molar-refractivity contribution in [2.24, 2.45) is 5.92 Å². The second-order valence-corrected chi connectivity index (χ2v) is 13.9. The van der Waals surface area contributed by atoms with Gasteiger partial charge in [-0.15, -0.1) is 0 Å². The molecule has 2 heterocycles. The summed E-state index contributed by atoms with van der Waals surface area (Å²) in [5.74, 6) is -0.0777. The van der Waals surface area contributed by atoms with Crippen LogP contribution in [0.3, 0.4) is 0 Å². The summed E-state index contributed by atoms with van der Waals surface area (Å²) in [6, 6.07) is 12.4. The standard InChI is InChI=1S/C37H53N3O4.C2H6/c1-9-12-26-20-27(35(42)40-30(10-2)16-17-31(40)11-3)15-18-32(26)34(41)38-22-25(5)33-21-29-19-24(4)13-14-28(29)23-39(33)36(43)44-37(6,7)8;1-2/h13-15,18-20,25,30-31,33H,9-12,16-17,21-23H2,1-8H3,(H,38,41);1-2H3/t25?,30?,31?,33-;/m0./s1. The van der Waals surface area contributed by atoms with Gasteiger partial charge in [-0.1, -0.05) is 71.7 Å². The van der Waals surface area contributed by atoms with Gasteiger partial charge in [0.25, 0.3) is 11.8 Å². The molecule has 1 fully saturated rings. The number of amides is 3. The zero-order chi connectivity index (χ0) is 34.2. The summed E-state index contributed by atoms with van der Waals surface area (Å²) in [7, 11) is 0. The van der Waals surface area contributed by atoms with Crippen molar-refractivity contribution in [3.05, 3.63) is 69.8 Å². The van der Waals surface area contributed by atoms with Crippen LogP contribution in [-0.4, -0.2) is 58.0 Å². The molecule has 4 rings (SSSR count). The van der Waals surface area contributed by atoms with Crippen LogP contribution in [0.25, 0.3) is 0 Å². The monoisotopic (exact) mass is 633 g/mol. The number of hydrogen-bond acceptors (Lipinski definition) is 4. The first-order valence-electron chi connectivity index (χ1n) is 17.7. The molecule has 0 saturated carbocycles. The van der Waals surface area contributed by atoms with E-state index in [9.17, 15) is 14.4 Å². The zero-order valence-electron chi connectivity index (χ0n) is 30.2. The molecule has 2 aromatic carbocycles. The van der Waals surface area contributed by atoms with E-state index in [4.69, 9.17) is 4.74 Å². The molecule has 0 aromatic heterocycles. The molecule has 4 atom stereocenters. The Labute approximate surface area is 278 Å². The van der Waals surface area contributed by atoms with E-state index in [-0.39, 0.29) is 42.0 Å². The molecule has 0 aliphatic carbocycles. The summed E-state index contributed by atoms with van der Waals surface area (Å²) in [5, 5.41) is 3.16. The van der Waals surface area contributed by atoms with Crippen LogP contribution >= 0.6 is 0 Å². The number of hydrogen-bond donors (Lipinski definition) is 1. The molecule has 7 heteroatoms. The molecular formula is C39H59N3O4. The quantitative estimate of drug-likeness (QED) is 0.300. The molecule has 46 heavy (non-hydrogen) atoms. The van der Waals surface area contributed by atoms with Crippen LogP contribution < -0.4 is 5.32 Å². The molecule has 0 spiro atoms. The van der Waals surface area contributed by atoms with E-state index in [1.165, 1.54) is 11.1 Å². The van der Waals surface area contributed by atoms with Gasteiger partial charge in [0.05, 0.1) is 0 Å². The maximum atomic E-state index is 13.7. The summed E-state index contributed by atoms with van der Waals surface area (Å²) in [5.41, 5.74) is 5.16. The lowest BCUT2D eigenvalue weighted by Gasteiger charge is -2.40. The van der Waals surface area contributed by atoms with Gasteiger partial charge in [0.1, 0.15) is 5.60 Å². The van der Waals surface area contributed by atoms with Crippen molar-refractivity contribution >= 4 is 17.9 Å². The number of aryl methyl sites for hydroxylation is 2. The molecule has 254 valence electrons. The van der Waals surface area contributed by atoms with E-state index in [0.717, 1.165) is 49.7 Å². The van der Waals surface area contributed by atoms with Crippen LogP contribution in [0.2, 0.25) is 0 Å². The zero-order valence-corrected chi connectivity index (χ0v) is 30.2. The Morgan fingerprint density at radius 3 is 2.20 bits per heavy atom. The van der Waals surface area contributed by atoms with E-state index in [1.54, 1.807) is 0 Å². The van der Waals surface area contributed by atoms with Gasteiger partial charge in [-0.2, -0.15) is 0 Å². The minimum absolute atomic E-state index is 0.0114. The average Bonchev–Trinajstić information content (AvgIpc) is 3.46. The molecule has 0 bridgehead atoms. The number of carbonyl (C=O) groups is 3. The van der Waals surface area contributed by atoms with Crippen molar-refractivity contribution in [3.8, 4) is 0 Å². The van der Waals surface area contributed by atoms with Crippen LogP contribution in [0, 0.1) is 12.8 Å². The number of benzene rings is 2. The SMILES string of the molecule is CC.CCCc1cc(C(=O)N2C(CC)CCC2CC)ccc1C(=O)NCC(C)[C@@H]1Cc2cc(C)ccc2CN1C(=O)OC(C)(C)C. The fraction of sp³-hybridized carbons (Fsp3) is 0.615. The van der Waals surface area contributed by atoms with Crippen molar-refractivity contribution in [2.75, 3.05) is 6.54 Å². The maximum Gasteiger partial charge on any atom is 0.410 e. The Hall–Kier alpha value is -3.35. The number of carbonyl (C=O) groups excluding carboxylic acids is 3. The normalized spacial score (nSPS) is 19.9. The third-order valence-electron chi connectivity index (χ3n) is 9.31. The van der Waals surface area contributed by atoms with E-state index < -0.39 is 5.60 Å². The van der Waals surface area contributed by atoms with Crippen molar-refractivity contribution in [3.63, 3.8) is 0 Å². The third kappa shape index (κ3) is 8.92. The largest absolute Gasteiger partial charge is 0.444 e. The predicted molar refractivity (Wildman–Crippen MR) is 187 cm³/mol. The number of likely N-dealkylation sites (tertiary alicyclic amines) is 1. The van der Waals surface area contributed by atoms with E-state index in [0.29, 0.717) is 30.6 Å². The van der Waals surface area contributed by atoms with Crippen molar-refractivity contribution in [1.29, 1.82) is 0 Å². The first kappa shape index (κ1) is 37.1. The molecule has 1 N–H and O–H groups in total. The molecule has 2 aliphatic heterocycles. The summed E-state index contributed by atoms with van der Waals surface area (Å²) >= 11 is 0. The van der Waals surface area contributed by atoms with Crippen LogP contribution in [-0.2, 0) is 24.1 Å². The second-order valence-electron chi connectivity index (χ2n) is 13.9. The highest BCUT2D eigenvalue weighted by Crippen LogP contribution is 2.32. The van der Waals surface area contributed by atoms with Gasteiger partial charge in [-0.05, 0) is 107 Å². The molecule has 3 unspecified atom stereocenters. The molecular weight excluding hydrogens is 574 g/mol. The maximum absolute atomic E-state index is 13.7. The molecule has 2 aromatic rings. The predicted octanol–water partition coefficient (Wildman–Crippen LogP) is 8.49. The van der Waals surface area contributed by atoms with Gasteiger partial charge in [-0.25, -0.2) is 4.79 Å². The summed E-state index contributed by atoms with van der Waals surface area (Å²) in [6.07, 6.45) is 6.00. The first-order chi connectivity index (χ1) is 21.9. The van der Waals surface area contributed by atoms with Crippen LogP contribution in [0.4, 0.5) is 4.79 Å². The minimum atomic E-state index is -0.598. The highest BCUT2D eigenvalue weighted by molar-refractivity contribution is 5.99. The molecule has 7 nitrogen and oxygen atoms in total. The van der Waals surface area contributed by atoms with E-state index in [1.807, 2.05) is 57.7 Å². The fourth-order valence-electron chi connectivity index (χ4n) is 6.92. The molecule has 2 aliphatic rings. The number of nitrogens with one attached hydrogen (secondary N) is 1. The summed E-state index contributed by atoms with van der Waals surface area (Å²) < 4.78 is 5.80. The molecule has 0 radical (unpaired) electrons. The lowest BCUT2D eigenvalue weighted by atomic mass is 9.86. The van der Waals surface area contributed by atoms with Crippen molar-refractivity contribution in [2.45, 2.75) is 144 Å². The summed E-state index contributed by atoms with van der Waals surface area (Å²) in [4.78, 5) is 44.5. The van der Waals surface area contributed by atoms with E-state index >= 15 is 0 Å². The Morgan fingerprint density at radius 2 is 1.61 bits per heavy atom. The molecule has 3 amide bonds. The van der Waals surface area contributed by atoms with Gasteiger partial charge in [0.15, 0.2) is 0 Å². The van der Waals surface area contributed by atoms with Crippen LogP contribution in [0.1, 0.15) is 137 Å². The van der Waals surface area contributed by atoms with Gasteiger partial charge in [0, 0.05) is 42.3 Å². The molecule has 1 saturated heterocycles. The number of nitrogens with zero attached hydrogens (tertiary/aromatic N) is 2. The van der Waals surface area contributed by atoms with Crippen LogP contribution in [0.15, 0.2) is 36.4 Å². The first-order valence-corrected chi connectivity index (χ1v) is 17.7. The Bertz CT molecular complexity index is 1340. The number of ether oxygens (including phenoxy) is 1. The Balaban J connectivity index is 0.00000282. The summed E-state index contributed by atoms with van der Waals surface area (Å²) in [6.45, 7) is 21.1. The minimum Gasteiger partial charge on any atom is -0.444 e. The van der Waals surface area contributed by atoms with E-state index in [2.05, 4.69) is 63.0 Å². The smallest absolute Gasteiger partial charge is 0.410 e. The Kier molecular flexibility index (Phi) is 13.3. The van der Waals surface area contributed by atoms with Gasteiger partial charge < -0.3 is 19.9 Å². The van der Waals surface area contributed by atoms with Crippen LogP contribution in [0.5, 0.6) is 0 Å². The lowest BCUT2D eigenvalue weighted by molar-refractivity contribution is 0.00556. The third-order valence-corrected chi connectivity index (χ3v) is 9.31. The Morgan fingerprint density at radius 1 is 0.957 bits per heavy atom. The van der Waals surface area contributed by atoms with Gasteiger partial charge in [0.2, 0.25) is 0 Å². The highest BCUT2D eigenvalue weighted by atomic mass is 16.6. The fourth-order valence-corrected chi connectivity index (χ4v) is 6.92. The lowest BCUT2D eigenvalue weighted by Crippen LogP contribution is -2.51. The number of fused-ring (bicyclic) bond motifs is 1. The number of rotatable bonds is 9. The highest BCUT2D eigenvalue weighted by Gasteiger charge is 2.37. The van der Waals surface area contributed by atoms with Gasteiger partial charge in [-0.3, -0.25) is 9.59 Å². The average molecular weight is 634 g/mol. The van der Waals surface area contributed by atoms with Crippen molar-refractivity contribution in [1.82, 2.24) is 15.1 Å². The second kappa shape index (κ2) is 16.5. The topological polar surface area (TPSA) is 79.0 Å². The van der Waals surface area contributed by atoms with Crippen molar-refractivity contribution < 1.29 is 19.1 Å².